The zero-order valence-corrected chi connectivity index (χ0v) is 15.4. The number of likely N-dealkylation sites (tertiary alicyclic amines) is 1. The fraction of sp³-hybridized carbons (Fsp3) is 0.700. The van der Waals surface area contributed by atoms with E-state index < -0.39 is 0 Å². The lowest BCUT2D eigenvalue weighted by atomic mass is 9.83. The normalized spacial score (nSPS) is 29.6. The standard InChI is InChI=1S/C20H29N3O3/c24-19-11-16(13-23(19)14-17-6-4-10-26-17)20(25)21-12-15-5-3-9-22-8-2-1-7-18(15)22/h4,6,10,15-16,18H,1-3,5,7-9,11-14H2,(H,21,25)/t15-,16+,18-/m1/s1. The highest BCUT2D eigenvalue weighted by Crippen LogP contribution is 2.30. The lowest BCUT2D eigenvalue weighted by molar-refractivity contribution is -0.129. The minimum Gasteiger partial charge on any atom is -0.467 e. The number of rotatable bonds is 5. The molecular weight excluding hydrogens is 330 g/mol. The van der Waals surface area contributed by atoms with Crippen molar-refractivity contribution in [2.24, 2.45) is 11.8 Å². The van der Waals surface area contributed by atoms with Gasteiger partial charge in [-0.05, 0) is 56.8 Å². The van der Waals surface area contributed by atoms with Gasteiger partial charge in [-0.2, -0.15) is 0 Å². The average molecular weight is 359 g/mol. The van der Waals surface area contributed by atoms with Gasteiger partial charge in [-0.1, -0.05) is 6.42 Å². The van der Waals surface area contributed by atoms with Crippen LogP contribution in [-0.2, 0) is 16.1 Å². The van der Waals surface area contributed by atoms with Crippen LogP contribution in [0.3, 0.4) is 0 Å². The van der Waals surface area contributed by atoms with Crippen molar-refractivity contribution in [3.63, 3.8) is 0 Å². The van der Waals surface area contributed by atoms with Crippen molar-refractivity contribution in [1.82, 2.24) is 15.1 Å². The number of fused-ring (bicyclic) bond motifs is 1. The van der Waals surface area contributed by atoms with Crippen molar-refractivity contribution < 1.29 is 14.0 Å². The largest absolute Gasteiger partial charge is 0.467 e. The summed E-state index contributed by atoms with van der Waals surface area (Å²) in [5.74, 6) is 1.16. The lowest BCUT2D eigenvalue weighted by Gasteiger charge is -2.44. The Morgan fingerprint density at radius 2 is 2.12 bits per heavy atom. The molecule has 0 saturated carbocycles. The van der Waals surface area contributed by atoms with Crippen LogP contribution in [-0.4, -0.2) is 53.8 Å². The van der Waals surface area contributed by atoms with Crippen molar-refractivity contribution in [3.8, 4) is 0 Å². The molecule has 1 aromatic heterocycles. The maximum absolute atomic E-state index is 12.6. The van der Waals surface area contributed by atoms with Gasteiger partial charge in [0.15, 0.2) is 0 Å². The highest BCUT2D eigenvalue weighted by molar-refractivity contribution is 5.89. The molecule has 0 spiro atoms. The van der Waals surface area contributed by atoms with Crippen molar-refractivity contribution in [2.45, 2.75) is 51.1 Å². The molecule has 1 aromatic rings. The van der Waals surface area contributed by atoms with Crippen LogP contribution in [0.4, 0.5) is 0 Å². The quantitative estimate of drug-likeness (QED) is 0.873. The van der Waals surface area contributed by atoms with Crippen molar-refractivity contribution in [2.75, 3.05) is 26.2 Å². The van der Waals surface area contributed by atoms with E-state index in [1.54, 1.807) is 11.2 Å². The number of nitrogens with one attached hydrogen (secondary N) is 1. The van der Waals surface area contributed by atoms with Gasteiger partial charge >= 0.3 is 0 Å². The van der Waals surface area contributed by atoms with Gasteiger partial charge in [-0.15, -0.1) is 0 Å². The maximum atomic E-state index is 12.6. The summed E-state index contributed by atoms with van der Waals surface area (Å²) < 4.78 is 5.32. The topological polar surface area (TPSA) is 65.8 Å². The third-order valence-corrected chi connectivity index (χ3v) is 6.28. The number of piperidine rings is 2. The Balaban J connectivity index is 1.27. The molecule has 3 saturated heterocycles. The molecule has 4 heterocycles. The molecule has 0 aliphatic carbocycles. The summed E-state index contributed by atoms with van der Waals surface area (Å²) >= 11 is 0. The van der Waals surface area contributed by atoms with Gasteiger partial charge < -0.3 is 19.5 Å². The Hall–Kier alpha value is -1.82. The molecule has 0 aromatic carbocycles. The molecule has 1 N–H and O–H groups in total. The smallest absolute Gasteiger partial charge is 0.225 e. The molecule has 0 unspecified atom stereocenters. The number of carbonyl (C=O) groups is 2. The molecule has 142 valence electrons. The Bertz CT molecular complexity index is 628. The van der Waals surface area contributed by atoms with Crippen LogP contribution in [0.1, 0.15) is 44.3 Å². The van der Waals surface area contributed by atoms with E-state index in [0.717, 1.165) is 12.3 Å². The fourth-order valence-electron chi connectivity index (χ4n) is 4.88. The second-order valence-corrected chi connectivity index (χ2v) is 8.00. The Morgan fingerprint density at radius 3 is 2.96 bits per heavy atom. The van der Waals surface area contributed by atoms with Gasteiger partial charge in [0, 0.05) is 25.6 Å². The summed E-state index contributed by atoms with van der Waals surface area (Å²) in [5, 5.41) is 3.16. The van der Waals surface area contributed by atoms with Crippen molar-refractivity contribution >= 4 is 11.8 Å². The molecule has 2 amide bonds. The predicted molar refractivity (Wildman–Crippen MR) is 97.2 cm³/mol. The number of carbonyl (C=O) groups excluding carboxylic acids is 2. The van der Waals surface area contributed by atoms with Gasteiger partial charge in [0.2, 0.25) is 11.8 Å². The number of furan rings is 1. The molecular formula is C20H29N3O3. The van der Waals surface area contributed by atoms with Crippen LogP contribution >= 0.6 is 0 Å². The molecule has 3 fully saturated rings. The van der Waals surface area contributed by atoms with E-state index in [2.05, 4.69) is 10.2 Å². The zero-order chi connectivity index (χ0) is 17.9. The summed E-state index contributed by atoms with van der Waals surface area (Å²) in [5.41, 5.74) is 0. The van der Waals surface area contributed by atoms with E-state index in [1.807, 2.05) is 12.1 Å². The van der Waals surface area contributed by atoms with Crippen molar-refractivity contribution in [1.29, 1.82) is 0 Å². The van der Waals surface area contributed by atoms with E-state index in [9.17, 15) is 9.59 Å². The van der Waals surface area contributed by atoms with Gasteiger partial charge in [0.25, 0.3) is 0 Å². The molecule has 6 nitrogen and oxygen atoms in total. The Morgan fingerprint density at radius 1 is 1.23 bits per heavy atom. The summed E-state index contributed by atoms with van der Waals surface area (Å²) in [4.78, 5) is 29.2. The second kappa shape index (κ2) is 7.82. The number of amides is 2. The first-order valence-corrected chi connectivity index (χ1v) is 10.0. The van der Waals surface area contributed by atoms with E-state index >= 15 is 0 Å². The fourth-order valence-corrected chi connectivity index (χ4v) is 4.88. The van der Waals surface area contributed by atoms with Gasteiger partial charge in [-0.25, -0.2) is 0 Å². The predicted octanol–water partition coefficient (Wildman–Crippen LogP) is 2.01. The molecule has 3 atom stereocenters. The van der Waals surface area contributed by atoms with Crippen LogP contribution in [0.25, 0.3) is 0 Å². The number of nitrogens with zero attached hydrogens (tertiary/aromatic N) is 2. The van der Waals surface area contributed by atoms with Crippen LogP contribution < -0.4 is 5.32 Å². The lowest BCUT2D eigenvalue weighted by Crippen LogP contribution is -2.51. The highest BCUT2D eigenvalue weighted by Gasteiger charge is 2.36. The number of hydrogen-bond acceptors (Lipinski definition) is 4. The SMILES string of the molecule is O=C(NC[C@H]1CCCN2CCCC[C@H]12)[C@H]1CC(=O)N(Cc2ccco2)C1. The molecule has 0 radical (unpaired) electrons. The molecule has 3 aliphatic rings. The Kier molecular flexibility index (Phi) is 5.29. The van der Waals surface area contributed by atoms with E-state index in [4.69, 9.17) is 4.42 Å². The monoisotopic (exact) mass is 359 g/mol. The van der Waals surface area contributed by atoms with Gasteiger partial charge in [0.1, 0.15) is 5.76 Å². The van der Waals surface area contributed by atoms with Crippen LogP contribution in [0.5, 0.6) is 0 Å². The number of hydrogen-bond donors (Lipinski definition) is 1. The van der Waals surface area contributed by atoms with E-state index in [1.165, 1.54) is 45.2 Å². The first-order chi connectivity index (χ1) is 12.7. The first kappa shape index (κ1) is 17.6. The summed E-state index contributed by atoms with van der Waals surface area (Å²) in [6.45, 7) is 4.13. The van der Waals surface area contributed by atoms with Gasteiger partial charge in [0.05, 0.1) is 18.7 Å². The van der Waals surface area contributed by atoms with Crippen LogP contribution in [0, 0.1) is 11.8 Å². The minimum atomic E-state index is -0.233. The molecule has 6 heteroatoms. The first-order valence-electron chi connectivity index (χ1n) is 10.0. The third-order valence-electron chi connectivity index (χ3n) is 6.28. The van der Waals surface area contributed by atoms with Crippen molar-refractivity contribution in [3.05, 3.63) is 24.2 Å². The summed E-state index contributed by atoms with van der Waals surface area (Å²) in [6.07, 6.45) is 8.24. The van der Waals surface area contributed by atoms with Crippen LogP contribution in [0.15, 0.2) is 22.8 Å². The zero-order valence-electron chi connectivity index (χ0n) is 15.4. The maximum Gasteiger partial charge on any atom is 0.225 e. The Labute approximate surface area is 154 Å². The molecule has 3 aliphatic heterocycles. The minimum absolute atomic E-state index is 0.0354. The highest BCUT2D eigenvalue weighted by atomic mass is 16.3. The average Bonchev–Trinajstić information content (AvgIpc) is 3.30. The summed E-state index contributed by atoms with van der Waals surface area (Å²) in [7, 11) is 0. The van der Waals surface area contributed by atoms with Gasteiger partial charge in [-0.3, -0.25) is 9.59 Å². The van der Waals surface area contributed by atoms with E-state index in [0.29, 0.717) is 31.5 Å². The third kappa shape index (κ3) is 3.80. The van der Waals surface area contributed by atoms with Crippen LogP contribution in [0.2, 0.25) is 0 Å². The second-order valence-electron chi connectivity index (χ2n) is 8.00. The molecule has 0 bridgehead atoms. The van der Waals surface area contributed by atoms with E-state index in [-0.39, 0.29) is 17.7 Å². The molecule has 4 rings (SSSR count). The molecule has 26 heavy (non-hydrogen) atoms. The summed E-state index contributed by atoms with van der Waals surface area (Å²) in [6, 6.07) is 4.32.